The fourth-order valence-corrected chi connectivity index (χ4v) is 3.29. The molecule has 3 rings (SSSR count). The Balaban J connectivity index is 1.67. The number of nitrogens with zero attached hydrogens (tertiary/aromatic N) is 5. The van der Waals surface area contributed by atoms with Gasteiger partial charge in [-0.25, -0.2) is 0 Å². The molecule has 1 amide bonds. The lowest BCUT2D eigenvalue weighted by Gasteiger charge is -2.07. The van der Waals surface area contributed by atoms with Gasteiger partial charge >= 0.3 is 0 Å². The van der Waals surface area contributed by atoms with E-state index in [0.29, 0.717) is 16.0 Å². The Kier molecular flexibility index (Phi) is 6.11. The van der Waals surface area contributed by atoms with Crippen LogP contribution in [0.3, 0.4) is 0 Å². The van der Waals surface area contributed by atoms with Gasteiger partial charge in [-0.05, 0) is 30.3 Å². The molecule has 3 aromatic rings. The van der Waals surface area contributed by atoms with Gasteiger partial charge in [-0.3, -0.25) is 14.9 Å². The molecule has 0 saturated carbocycles. The van der Waals surface area contributed by atoms with E-state index in [4.69, 9.17) is 16.9 Å². The van der Waals surface area contributed by atoms with Gasteiger partial charge in [-0.1, -0.05) is 23.4 Å². The molecule has 29 heavy (non-hydrogen) atoms. The third-order valence-electron chi connectivity index (χ3n) is 3.88. The number of nitro groups is 1. The molecule has 0 spiro atoms. The van der Waals surface area contributed by atoms with Crippen molar-refractivity contribution in [2.24, 2.45) is 7.05 Å². The number of non-ortho nitro benzene ring substituents is 1. The molecule has 0 unspecified atom stereocenters. The van der Waals surface area contributed by atoms with Crippen molar-refractivity contribution in [3.63, 3.8) is 0 Å². The van der Waals surface area contributed by atoms with Crippen LogP contribution in [0.4, 0.5) is 11.4 Å². The summed E-state index contributed by atoms with van der Waals surface area (Å²) in [6, 6.07) is 12.7. The van der Waals surface area contributed by atoms with Crippen LogP contribution in [0, 0.1) is 21.4 Å². The van der Waals surface area contributed by atoms with Gasteiger partial charge in [0.05, 0.1) is 21.9 Å². The number of amides is 1. The lowest BCUT2D eigenvalue weighted by molar-refractivity contribution is -0.384. The highest BCUT2D eigenvalue weighted by Gasteiger charge is 2.15. The second-order valence-corrected chi connectivity index (χ2v) is 7.19. The van der Waals surface area contributed by atoms with Crippen molar-refractivity contribution < 1.29 is 9.72 Å². The van der Waals surface area contributed by atoms with Crippen molar-refractivity contribution in [3.05, 3.63) is 63.2 Å². The standard InChI is InChI=1S/C18H13ClN6O3S/c1-24-17(11-2-4-13(19)5-3-11)22-23-18(24)29-10-16(26)21-15-7-6-14(25(27)28)8-12(15)9-20/h2-8H,10H2,1H3,(H,21,26). The van der Waals surface area contributed by atoms with Crippen LogP contribution in [0.1, 0.15) is 5.56 Å². The van der Waals surface area contributed by atoms with Crippen LogP contribution in [-0.4, -0.2) is 31.3 Å². The van der Waals surface area contributed by atoms with Gasteiger partial charge in [0.15, 0.2) is 11.0 Å². The quantitative estimate of drug-likeness (QED) is 0.360. The zero-order valence-electron chi connectivity index (χ0n) is 15.0. The molecule has 9 nitrogen and oxygen atoms in total. The van der Waals surface area contributed by atoms with Crippen molar-refractivity contribution in [1.29, 1.82) is 5.26 Å². The number of anilines is 1. The molecule has 0 fully saturated rings. The molecule has 0 bridgehead atoms. The van der Waals surface area contributed by atoms with Gasteiger partial charge in [-0.2, -0.15) is 5.26 Å². The molecule has 0 radical (unpaired) electrons. The maximum atomic E-state index is 12.3. The average Bonchev–Trinajstić information content (AvgIpc) is 3.07. The molecule has 1 aromatic heterocycles. The molecule has 146 valence electrons. The van der Waals surface area contributed by atoms with Crippen molar-refractivity contribution in [2.75, 3.05) is 11.1 Å². The Morgan fingerprint density at radius 2 is 2.03 bits per heavy atom. The SMILES string of the molecule is Cn1c(SCC(=O)Nc2ccc([N+](=O)[O-])cc2C#N)nnc1-c1ccc(Cl)cc1. The fourth-order valence-electron chi connectivity index (χ4n) is 2.45. The minimum Gasteiger partial charge on any atom is -0.324 e. The molecule has 0 aliphatic carbocycles. The minimum absolute atomic E-state index is 0.0150. The van der Waals surface area contributed by atoms with Gasteiger partial charge in [0.2, 0.25) is 5.91 Å². The lowest BCUT2D eigenvalue weighted by atomic mass is 10.1. The lowest BCUT2D eigenvalue weighted by Crippen LogP contribution is -2.15. The third-order valence-corrected chi connectivity index (χ3v) is 5.15. The number of halogens is 1. The predicted molar refractivity (Wildman–Crippen MR) is 109 cm³/mol. The van der Waals surface area contributed by atoms with E-state index in [-0.39, 0.29) is 28.6 Å². The van der Waals surface area contributed by atoms with Gasteiger partial charge in [0, 0.05) is 29.8 Å². The molecule has 0 saturated heterocycles. The number of carbonyl (C=O) groups is 1. The van der Waals surface area contributed by atoms with Crippen LogP contribution < -0.4 is 5.32 Å². The van der Waals surface area contributed by atoms with E-state index in [9.17, 15) is 14.9 Å². The number of nitriles is 1. The zero-order chi connectivity index (χ0) is 21.0. The summed E-state index contributed by atoms with van der Waals surface area (Å²) in [5, 5.41) is 31.9. The molecule has 11 heteroatoms. The topological polar surface area (TPSA) is 127 Å². The summed E-state index contributed by atoms with van der Waals surface area (Å²) in [6.07, 6.45) is 0. The Morgan fingerprint density at radius 1 is 1.31 bits per heavy atom. The van der Waals surface area contributed by atoms with Gasteiger partial charge in [0.25, 0.3) is 5.69 Å². The summed E-state index contributed by atoms with van der Waals surface area (Å²) in [7, 11) is 1.79. The number of hydrogen-bond acceptors (Lipinski definition) is 7. The largest absolute Gasteiger partial charge is 0.324 e. The third kappa shape index (κ3) is 4.71. The van der Waals surface area contributed by atoms with E-state index >= 15 is 0 Å². The van der Waals surface area contributed by atoms with E-state index < -0.39 is 4.92 Å². The number of carbonyl (C=O) groups excluding carboxylic acids is 1. The molecule has 1 heterocycles. The van der Waals surface area contributed by atoms with Crippen molar-refractivity contribution >= 4 is 40.6 Å². The smallest absolute Gasteiger partial charge is 0.270 e. The number of aromatic nitrogens is 3. The molecule has 1 N–H and O–H groups in total. The van der Waals surface area contributed by atoms with Gasteiger partial charge in [-0.15, -0.1) is 10.2 Å². The maximum Gasteiger partial charge on any atom is 0.270 e. The molecule has 0 aliphatic heterocycles. The first kappa shape index (κ1) is 20.3. The highest BCUT2D eigenvalue weighted by Crippen LogP contribution is 2.25. The first-order chi connectivity index (χ1) is 13.9. The highest BCUT2D eigenvalue weighted by molar-refractivity contribution is 7.99. The minimum atomic E-state index is -0.603. The van der Waals surface area contributed by atoms with Gasteiger partial charge < -0.3 is 9.88 Å². The monoisotopic (exact) mass is 428 g/mol. The summed E-state index contributed by atoms with van der Waals surface area (Å²) in [5.41, 5.74) is 0.845. The van der Waals surface area contributed by atoms with Crippen LogP contribution in [0.2, 0.25) is 5.02 Å². The zero-order valence-corrected chi connectivity index (χ0v) is 16.6. The summed E-state index contributed by atoms with van der Waals surface area (Å²) in [6.45, 7) is 0. The van der Waals surface area contributed by atoms with E-state index in [0.717, 1.165) is 11.6 Å². The van der Waals surface area contributed by atoms with Crippen LogP contribution in [-0.2, 0) is 11.8 Å². The molecular weight excluding hydrogens is 416 g/mol. The van der Waals surface area contributed by atoms with Crippen molar-refractivity contribution in [1.82, 2.24) is 14.8 Å². The number of nitro benzene ring substituents is 1. The van der Waals surface area contributed by atoms with E-state index in [1.54, 1.807) is 23.7 Å². The summed E-state index contributed by atoms with van der Waals surface area (Å²) in [4.78, 5) is 22.4. The summed E-state index contributed by atoms with van der Waals surface area (Å²) >= 11 is 7.07. The van der Waals surface area contributed by atoms with Crippen LogP contribution in [0.5, 0.6) is 0 Å². The van der Waals surface area contributed by atoms with E-state index in [1.807, 2.05) is 18.2 Å². The Labute approximate surface area is 174 Å². The number of nitrogens with one attached hydrogen (secondary N) is 1. The highest BCUT2D eigenvalue weighted by atomic mass is 35.5. The van der Waals surface area contributed by atoms with Gasteiger partial charge in [0.1, 0.15) is 6.07 Å². The van der Waals surface area contributed by atoms with Crippen molar-refractivity contribution in [2.45, 2.75) is 5.16 Å². The first-order valence-electron chi connectivity index (χ1n) is 8.15. The Hall–Kier alpha value is -3.42. The first-order valence-corrected chi connectivity index (χ1v) is 9.52. The molecule has 0 aliphatic rings. The number of benzene rings is 2. The van der Waals surface area contributed by atoms with Crippen molar-refractivity contribution in [3.8, 4) is 17.5 Å². The fraction of sp³-hybridized carbons (Fsp3) is 0.111. The Bertz CT molecular complexity index is 1120. The second kappa shape index (κ2) is 8.72. The summed E-state index contributed by atoms with van der Waals surface area (Å²) in [5.74, 6) is 0.275. The Morgan fingerprint density at radius 3 is 2.69 bits per heavy atom. The number of thioether (sulfide) groups is 1. The molecule has 2 aromatic carbocycles. The van der Waals surface area contributed by atoms with Crippen LogP contribution in [0.15, 0.2) is 47.6 Å². The average molecular weight is 429 g/mol. The molecular formula is C18H13ClN6O3S. The van der Waals surface area contributed by atoms with Crippen LogP contribution in [0.25, 0.3) is 11.4 Å². The summed E-state index contributed by atoms with van der Waals surface area (Å²) < 4.78 is 1.76. The normalized spacial score (nSPS) is 10.4. The molecule has 0 atom stereocenters. The maximum absolute atomic E-state index is 12.3. The number of rotatable bonds is 6. The van der Waals surface area contributed by atoms with Crippen LogP contribution >= 0.6 is 23.4 Å². The number of hydrogen-bond donors (Lipinski definition) is 1. The predicted octanol–water partition coefficient (Wildman–Crippen LogP) is 3.65. The van der Waals surface area contributed by atoms with E-state index in [2.05, 4.69) is 15.5 Å². The van der Waals surface area contributed by atoms with E-state index in [1.165, 1.54) is 23.9 Å². The second-order valence-electron chi connectivity index (χ2n) is 5.81.